The Morgan fingerprint density at radius 2 is 2.22 bits per heavy atom. The molecule has 0 saturated carbocycles. The van der Waals surface area contributed by atoms with E-state index in [0.717, 1.165) is 0 Å². The second-order valence-corrected chi connectivity index (χ2v) is 3.19. The highest BCUT2D eigenvalue weighted by molar-refractivity contribution is 5.96. The molecule has 100 valence electrons. The van der Waals surface area contributed by atoms with Gasteiger partial charge in [-0.1, -0.05) is 0 Å². The van der Waals surface area contributed by atoms with Crippen molar-refractivity contribution < 1.29 is 14.5 Å². The van der Waals surface area contributed by atoms with Crippen LogP contribution in [0.15, 0.2) is 18.2 Å². The first kappa shape index (κ1) is 16.1. The number of nitrogens with two attached hydrogens (primary N) is 1. The van der Waals surface area contributed by atoms with Crippen LogP contribution in [0.25, 0.3) is 0 Å². The molecule has 1 rings (SSSR count). The van der Waals surface area contributed by atoms with Gasteiger partial charge in [-0.3, -0.25) is 10.1 Å². The van der Waals surface area contributed by atoms with Crippen molar-refractivity contribution in [3.05, 3.63) is 33.9 Å². The van der Waals surface area contributed by atoms with Crippen LogP contribution in [0.4, 0.5) is 11.4 Å². The number of hydrogen-bond donors (Lipinski definition) is 2. The van der Waals surface area contributed by atoms with Gasteiger partial charge in [0.25, 0.3) is 5.69 Å². The average molecular weight is 276 g/mol. The summed E-state index contributed by atoms with van der Waals surface area (Å²) in [5.74, 6) is -0.631. The first-order chi connectivity index (χ1) is 8.10. The van der Waals surface area contributed by atoms with Gasteiger partial charge < -0.3 is 15.8 Å². The predicted octanol–water partition coefficient (Wildman–Crippen LogP) is 1.17. The lowest BCUT2D eigenvalue weighted by Gasteiger charge is -2.09. The molecule has 18 heavy (non-hydrogen) atoms. The average Bonchev–Trinajstić information content (AvgIpc) is 2.35. The maximum Gasteiger partial charge on any atom is 0.340 e. The van der Waals surface area contributed by atoms with Gasteiger partial charge in [0.1, 0.15) is 0 Å². The zero-order valence-electron chi connectivity index (χ0n) is 9.71. The number of non-ortho nitro benzene ring substituents is 1. The molecule has 1 aromatic carbocycles. The van der Waals surface area contributed by atoms with Crippen molar-refractivity contribution in [3.63, 3.8) is 0 Å². The standard InChI is InChI=1S/C10H13N3O4.ClH/c1-17-10(14)8-6-7(13(15)16)2-3-9(8)12-5-4-11;/h2-3,6,12H,4-5,11H2,1H3;1H. The van der Waals surface area contributed by atoms with Crippen LogP contribution in [0, 0.1) is 10.1 Å². The third-order valence-corrected chi connectivity index (χ3v) is 2.08. The monoisotopic (exact) mass is 275 g/mol. The molecule has 0 radical (unpaired) electrons. The summed E-state index contributed by atoms with van der Waals surface area (Å²) < 4.78 is 4.56. The van der Waals surface area contributed by atoms with Gasteiger partial charge in [-0.05, 0) is 6.07 Å². The van der Waals surface area contributed by atoms with Gasteiger partial charge in [0, 0.05) is 30.9 Å². The molecule has 0 fully saturated rings. The van der Waals surface area contributed by atoms with E-state index in [1.54, 1.807) is 0 Å². The minimum absolute atomic E-state index is 0. The number of nitrogens with zero attached hydrogens (tertiary/aromatic N) is 1. The summed E-state index contributed by atoms with van der Waals surface area (Å²) in [6.07, 6.45) is 0. The number of ether oxygens (including phenoxy) is 1. The number of rotatable bonds is 5. The lowest BCUT2D eigenvalue weighted by Crippen LogP contribution is -2.15. The number of halogens is 1. The van der Waals surface area contributed by atoms with Gasteiger partial charge in [0.2, 0.25) is 0 Å². The first-order valence-corrected chi connectivity index (χ1v) is 4.91. The summed E-state index contributed by atoms with van der Waals surface area (Å²) in [7, 11) is 1.22. The van der Waals surface area contributed by atoms with Crippen LogP contribution in [-0.4, -0.2) is 31.1 Å². The van der Waals surface area contributed by atoms with E-state index in [1.165, 1.54) is 25.3 Å². The zero-order chi connectivity index (χ0) is 12.8. The number of carbonyl (C=O) groups excluding carboxylic acids is 1. The van der Waals surface area contributed by atoms with Crippen molar-refractivity contribution in [2.45, 2.75) is 0 Å². The van der Waals surface area contributed by atoms with E-state index in [0.29, 0.717) is 18.8 Å². The molecule has 0 aromatic heterocycles. The highest BCUT2D eigenvalue weighted by Gasteiger charge is 2.16. The van der Waals surface area contributed by atoms with E-state index in [4.69, 9.17) is 5.73 Å². The Morgan fingerprint density at radius 3 is 2.72 bits per heavy atom. The molecule has 7 nitrogen and oxygen atoms in total. The van der Waals surface area contributed by atoms with E-state index < -0.39 is 10.9 Å². The van der Waals surface area contributed by atoms with Crippen molar-refractivity contribution in [2.75, 3.05) is 25.5 Å². The van der Waals surface area contributed by atoms with Gasteiger partial charge >= 0.3 is 5.97 Å². The SMILES string of the molecule is COC(=O)c1cc([N+](=O)[O-])ccc1NCCN.Cl. The summed E-state index contributed by atoms with van der Waals surface area (Å²) in [5.41, 5.74) is 5.75. The molecule has 1 aromatic rings. The van der Waals surface area contributed by atoms with E-state index in [9.17, 15) is 14.9 Å². The number of nitro groups is 1. The van der Waals surface area contributed by atoms with E-state index in [-0.39, 0.29) is 23.7 Å². The molecule has 0 atom stereocenters. The maximum atomic E-state index is 11.5. The third-order valence-electron chi connectivity index (χ3n) is 2.08. The second-order valence-electron chi connectivity index (χ2n) is 3.19. The fourth-order valence-corrected chi connectivity index (χ4v) is 1.29. The highest BCUT2D eigenvalue weighted by atomic mass is 35.5. The van der Waals surface area contributed by atoms with E-state index in [2.05, 4.69) is 10.1 Å². The highest BCUT2D eigenvalue weighted by Crippen LogP contribution is 2.22. The van der Waals surface area contributed by atoms with Crippen LogP contribution >= 0.6 is 12.4 Å². The van der Waals surface area contributed by atoms with Crippen LogP contribution in [0.5, 0.6) is 0 Å². The lowest BCUT2D eigenvalue weighted by molar-refractivity contribution is -0.384. The van der Waals surface area contributed by atoms with Crippen LogP contribution in [0.3, 0.4) is 0 Å². The van der Waals surface area contributed by atoms with Gasteiger partial charge in [0.05, 0.1) is 17.6 Å². The van der Waals surface area contributed by atoms with Crippen molar-refractivity contribution in [1.82, 2.24) is 0 Å². The number of nitrogens with one attached hydrogen (secondary N) is 1. The summed E-state index contributed by atoms with van der Waals surface area (Å²) in [4.78, 5) is 21.5. The molecule has 0 heterocycles. The van der Waals surface area contributed by atoms with Crippen molar-refractivity contribution in [3.8, 4) is 0 Å². The number of anilines is 1. The number of esters is 1. The van der Waals surface area contributed by atoms with E-state index >= 15 is 0 Å². The molecule has 0 aliphatic rings. The summed E-state index contributed by atoms with van der Waals surface area (Å²) in [6, 6.07) is 3.94. The maximum absolute atomic E-state index is 11.5. The quantitative estimate of drug-likeness (QED) is 0.474. The minimum Gasteiger partial charge on any atom is -0.465 e. The van der Waals surface area contributed by atoms with Crippen molar-refractivity contribution >= 4 is 29.8 Å². The topological polar surface area (TPSA) is 107 Å². The lowest BCUT2D eigenvalue weighted by atomic mass is 10.1. The molecule has 0 amide bonds. The number of nitro benzene ring substituents is 1. The molecule has 0 aliphatic heterocycles. The molecule has 0 aliphatic carbocycles. The molecular formula is C10H14ClN3O4. The van der Waals surface area contributed by atoms with Gasteiger partial charge in [-0.2, -0.15) is 0 Å². The van der Waals surface area contributed by atoms with Gasteiger partial charge in [-0.15, -0.1) is 12.4 Å². The summed E-state index contributed by atoms with van der Waals surface area (Å²) in [6.45, 7) is 0.847. The summed E-state index contributed by atoms with van der Waals surface area (Å²) >= 11 is 0. The van der Waals surface area contributed by atoms with Crippen LogP contribution < -0.4 is 11.1 Å². The largest absolute Gasteiger partial charge is 0.465 e. The minimum atomic E-state index is -0.631. The number of carbonyl (C=O) groups is 1. The predicted molar refractivity (Wildman–Crippen MR) is 69.2 cm³/mol. The Kier molecular flexibility index (Phi) is 6.69. The van der Waals surface area contributed by atoms with Gasteiger partial charge in [-0.25, -0.2) is 4.79 Å². The number of benzene rings is 1. The van der Waals surface area contributed by atoms with Gasteiger partial charge in [0.15, 0.2) is 0 Å². The molecule has 3 N–H and O–H groups in total. The Bertz CT molecular complexity index is 439. The third kappa shape index (κ3) is 3.86. The Balaban J connectivity index is 0.00000289. The first-order valence-electron chi connectivity index (χ1n) is 4.91. The molecule has 0 bridgehead atoms. The molecule has 8 heteroatoms. The normalized spacial score (nSPS) is 9.22. The Hall–Kier alpha value is -1.86. The van der Waals surface area contributed by atoms with Crippen LogP contribution in [0.2, 0.25) is 0 Å². The fourth-order valence-electron chi connectivity index (χ4n) is 1.29. The van der Waals surface area contributed by atoms with Crippen LogP contribution in [-0.2, 0) is 4.74 Å². The molecule has 0 unspecified atom stereocenters. The van der Waals surface area contributed by atoms with E-state index in [1.807, 2.05) is 0 Å². The molecular weight excluding hydrogens is 262 g/mol. The zero-order valence-corrected chi connectivity index (χ0v) is 10.5. The Morgan fingerprint density at radius 1 is 1.56 bits per heavy atom. The smallest absolute Gasteiger partial charge is 0.340 e. The fraction of sp³-hybridized carbons (Fsp3) is 0.300. The molecule has 0 saturated heterocycles. The molecule has 0 spiro atoms. The van der Waals surface area contributed by atoms with Crippen molar-refractivity contribution in [1.29, 1.82) is 0 Å². The number of hydrogen-bond acceptors (Lipinski definition) is 6. The number of methoxy groups -OCH3 is 1. The summed E-state index contributed by atoms with van der Waals surface area (Å²) in [5, 5.41) is 13.5. The van der Waals surface area contributed by atoms with Crippen LogP contribution in [0.1, 0.15) is 10.4 Å². The van der Waals surface area contributed by atoms with Crippen molar-refractivity contribution in [2.24, 2.45) is 5.73 Å². The Labute approximate surface area is 110 Å². The second kappa shape index (κ2) is 7.46.